The molecule has 3 heterocycles. The van der Waals surface area contributed by atoms with Gasteiger partial charge in [0.25, 0.3) is 0 Å². The number of pyridine rings is 1. The van der Waals surface area contributed by atoms with Crippen molar-refractivity contribution in [1.29, 1.82) is 0 Å². The van der Waals surface area contributed by atoms with E-state index in [1.807, 2.05) is 42.5 Å². The number of benzene rings is 1. The predicted molar refractivity (Wildman–Crippen MR) is 98.0 cm³/mol. The van der Waals surface area contributed by atoms with Crippen molar-refractivity contribution in [2.45, 2.75) is 6.54 Å². The number of halogens is 1. The van der Waals surface area contributed by atoms with E-state index >= 15 is 0 Å². The molecule has 0 unspecified atom stereocenters. The van der Waals surface area contributed by atoms with Crippen molar-refractivity contribution in [2.75, 3.05) is 10.6 Å². The first kappa shape index (κ1) is 15.3. The smallest absolute Gasteiger partial charge is 0.162 e. The van der Waals surface area contributed by atoms with Gasteiger partial charge in [-0.2, -0.15) is 5.10 Å². The number of aromatic amines is 1. The average molecular weight is 352 g/mol. The van der Waals surface area contributed by atoms with Crippen LogP contribution in [0.5, 0.6) is 0 Å². The van der Waals surface area contributed by atoms with Gasteiger partial charge in [0.05, 0.1) is 12.2 Å². The fourth-order valence-electron chi connectivity index (χ4n) is 2.46. The quantitative estimate of drug-likeness (QED) is 0.507. The van der Waals surface area contributed by atoms with Crippen molar-refractivity contribution >= 4 is 40.0 Å². The van der Waals surface area contributed by atoms with E-state index in [1.54, 1.807) is 6.20 Å². The first-order valence-electron chi connectivity index (χ1n) is 7.65. The van der Waals surface area contributed by atoms with Gasteiger partial charge >= 0.3 is 0 Å². The first-order valence-corrected chi connectivity index (χ1v) is 8.03. The van der Waals surface area contributed by atoms with Crippen molar-refractivity contribution in [3.63, 3.8) is 0 Å². The zero-order valence-corrected chi connectivity index (χ0v) is 13.8. The molecule has 0 spiro atoms. The SMILES string of the molecule is Clc1cccc(Nc2ncnc3[nH]nc(NCc4ccccn4)c23)c1. The first-order chi connectivity index (χ1) is 12.3. The lowest BCUT2D eigenvalue weighted by atomic mass is 10.3. The standard InChI is InChI=1S/C17H14ClN7/c18-11-4-3-6-12(8-11)23-15-14-16(24-25-17(14)22-10-21-15)20-9-13-5-1-2-7-19-13/h1-8,10H,9H2,(H3,20,21,22,23,24,25). The Bertz CT molecular complexity index is 1000. The summed E-state index contributed by atoms with van der Waals surface area (Å²) in [5.41, 5.74) is 2.40. The van der Waals surface area contributed by atoms with Crippen LogP contribution in [-0.4, -0.2) is 25.1 Å². The largest absolute Gasteiger partial charge is 0.362 e. The highest BCUT2D eigenvalue weighted by Crippen LogP contribution is 2.28. The van der Waals surface area contributed by atoms with Gasteiger partial charge in [-0.25, -0.2) is 9.97 Å². The Labute approximate surface area is 148 Å². The van der Waals surface area contributed by atoms with Crippen LogP contribution >= 0.6 is 11.6 Å². The van der Waals surface area contributed by atoms with Crippen molar-refractivity contribution < 1.29 is 0 Å². The van der Waals surface area contributed by atoms with E-state index in [-0.39, 0.29) is 0 Å². The fraction of sp³-hybridized carbons (Fsp3) is 0.0588. The molecule has 1 aromatic carbocycles. The third kappa shape index (κ3) is 3.36. The van der Waals surface area contributed by atoms with Crippen LogP contribution in [0.4, 0.5) is 17.3 Å². The van der Waals surface area contributed by atoms with Gasteiger partial charge in [0, 0.05) is 16.9 Å². The lowest BCUT2D eigenvalue weighted by Gasteiger charge is -2.08. The summed E-state index contributed by atoms with van der Waals surface area (Å²) in [6, 6.07) is 13.2. The fourth-order valence-corrected chi connectivity index (χ4v) is 2.65. The predicted octanol–water partition coefficient (Wildman–Crippen LogP) is 3.76. The summed E-state index contributed by atoms with van der Waals surface area (Å²) in [7, 11) is 0. The summed E-state index contributed by atoms with van der Waals surface area (Å²) in [5.74, 6) is 1.30. The second-order valence-electron chi connectivity index (χ2n) is 5.33. The maximum absolute atomic E-state index is 6.05. The number of H-pyrrole nitrogens is 1. The number of rotatable bonds is 5. The summed E-state index contributed by atoms with van der Waals surface area (Å²) >= 11 is 6.05. The number of hydrogen-bond acceptors (Lipinski definition) is 6. The Morgan fingerprint density at radius 3 is 2.80 bits per heavy atom. The molecule has 0 saturated carbocycles. The molecular formula is C17H14ClN7. The van der Waals surface area contributed by atoms with Gasteiger partial charge in [-0.1, -0.05) is 23.7 Å². The van der Waals surface area contributed by atoms with Gasteiger partial charge in [-0.05, 0) is 30.3 Å². The van der Waals surface area contributed by atoms with Crippen LogP contribution in [-0.2, 0) is 6.54 Å². The lowest BCUT2D eigenvalue weighted by Crippen LogP contribution is -2.03. The molecule has 0 saturated heterocycles. The van der Waals surface area contributed by atoms with Crippen LogP contribution in [0.3, 0.4) is 0 Å². The summed E-state index contributed by atoms with van der Waals surface area (Å²) in [4.78, 5) is 12.9. The second kappa shape index (κ2) is 6.74. The van der Waals surface area contributed by atoms with Crippen molar-refractivity contribution in [3.05, 3.63) is 65.7 Å². The Hall–Kier alpha value is -3.19. The topological polar surface area (TPSA) is 91.4 Å². The van der Waals surface area contributed by atoms with Gasteiger partial charge in [0.15, 0.2) is 11.5 Å². The molecule has 0 radical (unpaired) electrons. The second-order valence-corrected chi connectivity index (χ2v) is 5.76. The van der Waals surface area contributed by atoms with Crippen molar-refractivity contribution in [3.8, 4) is 0 Å². The van der Waals surface area contributed by atoms with Crippen LogP contribution in [0.2, 0.25) is 5.02 Å². The third-order valence-corrected chi connectivity index (χ3v) is 3.84. The molecule has 3 aromatic heterocycles. The highest BCUT2D eigenvalue weighted by atomic mass is 35.5. The Kier molecular flexibility index (Phi) is 4.14. The van der Waals surface area contributed by atoms with E-state index in [9.17, 15) is 0 Å². The van der Waals surface area contributed by atoms with Gasteiger partial charge < -0.3 is 10.6 Å². The number of aromatic nitrogens is 5. The number of hydrogen-bond donors (Lipinski definition) is 3. The molecule has 124 valence electrons. The molecule has 25 heavy (non-hydrogen) atoms. The summed E-state index contributed by atoms with van der Waals surface area (Å²) in [6.07, 6.45) is 3.24. The summed E-state index contributed by atoms with van der Waals surface area (Å²) < 4.78 is 0. The van der Waals surface area contributed by atoms with Crippen LogP contribution in [0.1, 0.15) is 5.69 Å². The number of nitrogens with one attached hydrogen (secondary N) is 3. The van der Waals surface area contributed by atoms with Gasteiger partial charge in [-0.3, -0.25) is 10.1 Å². The number of anilines is 3. The molecule has 8 heteroatoms. The molecular weight excluding hydrogens is 338 g/mol. The minimum absolute atomic E-state index is 0.548. The highest BCUT2D eigenvalue weighted by Gasteiger charge is 2.13. The minimum Gasteiger partial charge on any atom is -0.362 e. The molecule has 3 N–H and O–H groups in total. The molecule has 7 nitrogen and oxygen atoms in total. The monoisotopic (exact) mass is 351 g/mol. The zero-order valence-electron chi connectivity index (χ0n) is 13.1. The summed E-state index contributed by atoms with van der Waals surface area (Å²) in [6.45, 7) is 0.548. The Morgan fingerprint density at radius 1 is 1.00 bits per heavy atom. The van der Waals surface area contributed by atoms with E-state index in [2.05, 4.69) is 35.8 Å². The summed E-state index contributed by atoms with van der Waals surface area (Å²) in [5, 5.41) is 15.2. The Balaban J connectivity index is 1.64. The number of fused-ring (bicyclic) bond motifs is 1. The molecule has 4 aromatic rings. The van der Waals surface area contributed by atoms with E-state index < -0.39 is 0 Å². The zero-order chi connectivity index (χ0) is 17.1. The Morgan fingerprint density at radius 2 is 1.96 bits per heavy atom. The van der Waals surface area contributed by atoms with E-state index in [1.165, 1.54) is 6.33 Å². The molecule has 0 aliphatic carbocycles. The third-order valence-electron chi connectivity index (χ3n) is 3.61. The van der Waals surface area contributed by atoms with Crippen LogP contribution in [0.15, 0.2) is 55.0 Å². The number of nitrogens with zero attached hydrogens (tertiary/aromatic N) is 4. The highest BCUT2D eigenvalue weighted by molar-refractivity contribution is 6.30. The molecule has 0 atom stereocenters. The normalized spacial score (nSPS) is 10.8. The minimum atomic E-state index is 0.548. The van der Waals surface area contributed by atoms with E-state index in [0.29, 0.717) is 28.9 Å². The van der Waals surface area contributed by atoms with E-state index in [4.69, 9.17) is 11.6 Å². The molecule has 0 aliphatic heterocycles. The molecule has 0 bridgehead atoms. The lowest BCUT2D eigenvalue weighted by molar-refractivity contribution is 1.01. The average Bonchev–Trinajstić information content (AvgIpc) is 3.05. The van der Waals surface area contributed by atoms with Crippen LogP contribution in [0.25, 0.3) is 11.0 Å². The van der Waals surface area contributed by atoms with Crippen molar-refractivity contribution in [2.24, 2.45) is 0 Å². The van der Waals surface area contributed by atoms with Gasteiger partial charge in [0.2, 0.25) is 0 Å². The van der Waals surface area contributed by atoms with Crippen LogP contribution in [0, 0.1) is 0 Å². The molecule has 0 amide bonds. The van der Waals surface area contributed by atoms with Gasteiger partial charge in [-0.15, -0.1) is 0 Å². The van der Waals surface area contributed by atoms with E-state index in [0.717, 1.165) is 16.8 Å². The maximum atomic E-state index is 6.05. The van der Waals surface area contributed by atoms with Crippen molar-refractivity contribution in [1.82, 2.24) is 25.1 Å². The maximum Gasteiger partial charge on any atom is 0.162 e. The molecule has 4 rings (SSSR count). The van der Waals surface area contributed by atoms with Gasteiger partial charge in [0.1, 0.15) is 17.5 Å². The van der Waals surface area contributed by atoms with Crippen LogP contribution < -0.4 is 10.6 Å². The molecule has 0 fully saturated rings. The molecule has 0 aliphatic rings.